The molecule has 4 aromatic carbocycles. The lowest BCUT2D eigenvalue weighted by atomic mass is 9.87. The maximum atomic E-state index is 14.4. The maximum Gasteiger partial charge on any atom is 0.417 e. The molecule has 0 bridgehead atoms. The maximum absolute atomic E-state index is 14.4. The van der Waals surface area contributed by atoms with E-state index in [9.17, 15) is 18.8 Å². The highest BCUT2D eigenvalue weighted by atomic mass is 19.1. The van der Waals surface area contributed by atoms with E-state index in [0.29, 0.717) is 23.6 Å². The van der Waals surface area contributed by atoms with Crippen LogP contribution in [0.1, 0.15) is 41.6 Å². The van der Waals surface area contributed by atoms with Gasteiger partial charge in [0.05, 0.1) is 19.1 Å². The summed E-state index contributed by atoms with van der Waals surface area (Å²) in [5.74, 6) is -1.68. The van der Waals surface area contributed by atoms with Gasteiger partial charge < -0.3 is 19.5 Å². The molecule has 5 rings (SSSR count). The lowest BCUT2D eigenvalue weighted by molar-refractivity contribution is -0.141. The molecule has 1 fully saturated rings. The molecule has 44 heavy (non-hydrogen) atoms. The molecule has 0 spiro atoms. The predicted octanol–water partition coefficient (Wildman–Crippen LogP) is 6.85. The van der Waals surface area contributed by atoms with Gasteiger partial charge in [-0.25, -0.2) is 14.1 Å². The SMILES string of the molecule is COC(=O)CC[C@@H](C(=O)N1C(=O)OC[C@@H]1c1ccccc1)[C@H](Nc1ccc(F)cc1)c1ccc(OCc2ccccc2)cc1. The van der Waals surface area contributed by atoms with Gasteiger partial charge in [0, 0.05) is 12.1 Å². The standard InChI is InChI=1S/C35H33FN2O6/c1-42-32(39)21-20-30(34(40)38-31(23-44-35(38)41)25-10-6-3-7-11-25)33(37-28-16-14-27(36)15-17-28)26-12-18-29(19-13-26)43-22-24-8-4-2-5-9-24/h2-19,30-31,33,37H,20-23H2,1H3/t30-,31-,33-/m1/s1. The summed E-state index contributed by atoms with van der Waals surface area (Å²) in [6.45, 7) is 0.400. The van der Waals surface area contributed by atoms with Crippen molar-refractivity contribution in [3.05, 3.63) is 132 Å². The third-order valence-corrected chi connectivity index (χ3v) is 7.56. The molecule has 8 nitrogen and oxygen atoms in total. The quantitative estimate of drug-likeness (QED) is 0.179. The summed E-state index contributed by atoms with van der Waals surface area (Å²) >= 11 is 0. The molecule has 0 aromatic heterocycles. The summed E-state index contributed by atoms with van der Waals surface area (Å²) in [6.07, 6.45) is -0.745. The molecule has 1 saturated heterocycles. The van der Waals surface area contributed by atoms with Crippen molar-refractivity contribution in [1.29, 1.82) is 0 Å². The molecule has 2 amide bonds. The van der Waals surface area contributed by atoms with Crippen LogP contribution in [0.3, 0.4) is 0 Å². The van der Waals surface area contributed by atoms with Gasteiger partial charge in [0.1, 0.15) is 30.8 Å². The van der Waals surface area contributed by atoms with Crippen LogP contribution in [0.15, 0.2) is 109 Å². The number of imide groups is 1. The van der Waals surface area contributed by atoms with Crippen molar-refractivity contribution in [1.82, 2.24) is 4.90 Å². The number of halogens is 1. The first-order valence-corrected chi connectivity index (χ1v) is 14.3. The number of methoxy groups -OCH3 is 1. The predicted molar refractivity (Wildman–Crippen MR) is 162 cm³/mol. The fraction of sp³-hybridized carbons (Fsp3) is 0.229. The molecule has 4 aromatic rings. The van der Waals surface area contributed by atoms with Crippen LogP contribution in [0.5, 0.6) is 5.75 Å². The highest BCUT2D eigenvalue weighted by Crippen LogP contribution is 2.37. The molecular weight excluding hydrogens is 563 g/mol. The Morgan fingerprint density at radius 1 is 0.932 bits per heavy atom. The van der Waals surface area contributed by atoms with Gasteiger partial charge >= 0.3 is 12.1 Å². The summed E-state index contributed by atoms with van der Waals surface area (Å²) in [5, 5.41) is 3.36. The summed E-state index contributed by atoms with van der Waals surface area (Å²) in [4.78, 5) is 40.8. The molecule has 3 atom stereocenters. The zero-order chi connectivity index (χ0) is 30.9. The van der Waals surface area contributed by atoms with Gasteiger partial charge in [0.15, 0.2) is 0 Å². The van der Waals surface area contributed by atoms with Crippen LogP contribution >= 0.6 is 0 Å². The molecular formula is C35H33FN2O6. The lowest BCUT2D eigenvalue weighted by Crippen LogP contribution is -2.42. The van der Waals surface area contributed by atoms with Gasteiger partial charge in [-0.2, -0.15) is 0 Å². The number of rotatable bonds is 12. The molecule has 1 aliphatic rings. The number of nitrogens with one attached hydrogen (secondary N) is 1. The van der Waals surface area contributed by atoms with Crippen LogP contribution in [0.2, 0.25) is 0 Å². The number of hydrogen-bond acceptors (Lipinski definition) is 7. The van der Waals surface area contributed by atoms with Gasteiger partial charge in [0.25, 0.3) is 0 Å². The van der Waals surface area contributed by atoms with Crippen molar-refractivity contribution < 1.29 is 33.0 Å². The first kappa shape index (κ1) is 30.3. The van der Waals surface area contributed by atoms with Gasteiger partial charge in [-0.1, -0.05) is 72.8 Å². The zero-order valence-corrected chi connectivity index (χ0v) is 24.2. The molecule has 1 heterocycles. The second-order valence-electron chi connectivity index (χ2n) is 10.4. The first-order valence-electron chi connectivity index (χ1n) is 14.3. The van der Waals surface area contributed by atoms with Crippen LogP contribution in [0, 0.1) is 11.7 Å². The Kier molecular flexibility index (Phi) is 9.86. The molecule has 9 heteroatoms. The third-order valence-electron chi connectivity index (χ3n) is 7.56. The second-order valence-corrected chi connectivity index (χ2v) is 10.4. The Labute approximate surface area is 255 Å². The summed E-state index contributed by atoms with van der Waals surface area (Å²) < 4.78 is 29.9. The van der Waals surface area contributed by atoms with Crippen molar-refractivity contribution in [3.8, 4) is 5.75 Å². The van der Waals surface area contributed by atoms with Gasteiger partial charge in [-0.3, -0.25) is 9.59 Å². The molecule has 1 N–H and O–H groups in total. The Balaban J connectivity index is 1.48. The average Bonchev–Trinajstić information content (AvgIpc) is 3.46. The van der Waals surface area contributed by atoms with E-state index in [4.69, 9.17) is 14.2 Å². The fourth-order valence-corrected chi connectivity index (χ4v) is 5.23. The van der Waals surface area contributed by atoms with E-state index in [1.54, 1.807) is 24.3 Å². The Morgan fingerprint density at radius 2 is 1.59 bits per heavy atom. The fourth-order valence-electron chi connectivity index (χ4n) is 5.23. The van der Waals surface area contributed by atoms with Crippen molar-refractivity contribution in [2.45, 2.75) is 31.5 Å². The number of hydrogen-bond donors (Lipinski definition) is 1. The number of esters is 1. The smallest absolute Gasteiger partial charge is 0.417 e. The number of ether oxygens (including phenoxy) is 3. The molecule has 0 unspecified atom stereocenters. The van der Waals surface area contributed by atoms with E-state index in [2.05, 4.69) is 5.32 Å². The van der Waals surface area contributed by atoms with Crippen molar-refractivity contribution >= 4 is 23.7 Å². The minimum Gasteiger partial charge on any atom is -0.489 e. The van der Waals surface area contributed by atoms with Gasteiger partial charge in [-0.05, 0) is 59.5 Å². The first-order chi connectivity index (χ1) is 21.4. The normalized spacial score (nSPS) is 15.6. The second kappa shape index (κ2) is 14.3. The van der Waals surface area contributed by atoms with E-state index >= 15 is 0 Å². The summed E-state index contributed by atoms with van der Waals surface area (Å²) in [5.41, 5.74) is 3.03. The topological polar surface area (TPSA) is 94.2 Å². The Morgan fingerprint density at radius 3 is 2.25 bits per heavy atom. The zero-order valence-electron chi connectivity index (χ0n) is 24.2. The van der Waals surface area contributed by atoms with Crippen LogP contribution in [-0.2, 0) is 25.7 Å². The minimum atomic E-state index is -0.910. The molecule has 1 aliphatic heterocycles. The van der Waals surface area contributed by atoms with Crippen LogP contribution < -0.4 is 10.1 Å². The van der Waals surface area contributed by atoms with Gasteiger partial charge in [0.2, 0.25) is 5.91 Å². The van der Waals surface area contributed by atoms with Gasteiger partial charge in [-0.15, -0.1) is 0 Å². The minimum absolute atomic E-state index is 0.0157. The van der Waals surface area contributed by atoms with Crippen LogP contribution in [0.25, 0.3) is 0 Å². The van der Waals surface area contributed by atoms with Crippen LogP contribution in [-0.4, -0.2) is 36.6 Å². The third kappa shape index (κ3) is 7.42. The van der Waals surface area contributed by atoms with Crippen molar-refractivity contribution in [3.63, 3.8) is 0 Å². The lowest BCUT2D eigenvalue weighted by Gasteiger charge is -2.32. The number of anilines is 1. The Hall–Kier alpha value is -5.18. The van der Waals surface area contributed by atoms with Crippen molar-refractivity contribution in [2.24, 2.45) is 5.92 Å². The molecule has 226 valence electrons. The molecule has 0 saturated carbocycles. The van der Waals surface area contributed by atoms with E-state index in [1.165, 1.54) is 19.2 Å². The number of carbonyl (C=O) groups excluding carboxylic acids is 3. The highest BCUT2D eigenvalue weighted by Gasteiger charge is 2.44. The van der Waals surface area contributed by atoms with E-state index in [-0.39, 0.29) is 19.4 Å². The number of nitrogens with zero attached hydrogens (tertiary/aromatic N) is 1. The van der Waals surface area contributed by atoms with Crippen molar-refractivity contribution in [2.75, 3.05) is 19.0 Å². The Bertz CT molecular complexity index is 1550. The van der Waals surface area contributed by atoms with E-state index < -0.39 is 41.8 Å². The molecule has 0 radical (unpaired) electrons. The van der Waals surface area contributed by atoms with E-state index in [1.807, 2.05) is 72.8 Å². The average molecular weight is 597 g/mol. The van der Waals surface area contributed by atoms with Crippen LogP contribution in [0.4, 0.5) is 14.9 Å². The number of cyclic esters (lactones) is 1. The largest absolute Gasteiger partial charge is 0.489 e. The summed E-state index contributed by atoms with van der Waals surface area (Å²) in [6, 6.07) is 30.6. The van der Waals surface area contributed by atoms with E-state index in [0.717, 1.165) is 16.0 Å². The number of carbonyl (C=O) groups is 3. The molecule has 0 aliphatic carbocycles. The number of amides is 2. The monoisotopic (exact) mass is 596 g/mol. The highest BCUT2D eigenvalue weighted by molar-refractivity contribution is 5.95. The summed E-state index contributed by atoms with van der Waals surface area (Å²) in [7, 11) is 1.28. The number of benzene rings is 4.